The molecule has 2 aromatic rings. The topological polar surface area (TPSA) is 46.5 Å². The molecular formula is C23H30FO3P. The Balaban J connectivity index is 1.99. The van der Waals surface area contributed by atoms with E-state index in [1.165, 1.54) is 24.3 Å². The molecule has 0 bridgehead atoms. The molecule has 0 spiro atoms. The molecule has 0 aromatic heterocycles. The third kappa shape index (κ3) is 4.56. The molecule has 0 amide bonds. The quantitative estimate of drug-likeness (QED) is 0.610. The molecule has 1 fully saturated rings. The van der Waals surface area contributed by atoms with Crippen molar-refractivity contribution in [3.8, 4) is 0 Å². The van der Waals surface area contributed by atoms with Gasteiger partial charge in [0.2, 0.25) is 0 Å². The number of hydrogen-bond donors (Lipinski definition) is 1. The summed E-state index contributed by atoms with van der Waals surface area (Å²) in [6, 6.07) is 14.4. The predicted octanol–water partition coefficient (Wildman–Crippen LogP) is 5.90. The SMILES string of the molecule is CC(C)[C@H]1CC[C@@H](C)C[C@H]1O[P@@](=O)(c1ccccc1)[C@H](O)c1ccc(F)cc1. The highest BCUT2D eigenvalue weighted by atomic mass is 31.2. The molecule has 28 heavy (non-hydrogen) atoms. The number of hydrogen-bond acceptors (Lipinski definition) is 3. The minimum Gasteiger partial charge on any atom is -0.378 e. The van der Waals surface area contributed by atoms with Crippen LogP contribution >= 0.6 is 7.37 Å². The zero-order valence-corrected chi connectivity index (χ0v) is 17.7. The van der Waals surface area contributed by atoms with Crippen molar-refractivity contribution >= 4 is 12.7 Å². The van der Waals surface area contributed by atoms with Gasteiger partial charge in [0.1, 0.15) is 5.82 Å². The Bertz CT molecular complexity index is 806. The number of benzene rings is 2. The summed E-state index contributed by atoms with van der Waals surface area (Å²) in [6.45, 7) is 6.53. The molecule has 0 unspecified atom stereocenters. The molecule has 1 N–H and O–H groups in total. The first-order valence-corrected chi connectivity index (χ1v) is 11.8. The van der Waals surface area contributed by atoms with E-state index in [1.54, 1.807) is 24.3 Å². The van der Waals surface area contributed by atoms with E-state index in [1.807, 2.05) is 6.07 Å². The number of aliphatic hydroxyl groups excluding tert-OH is 1. The fraction of sp³-hybridized carbons (Fsp3) is 0.478. The third-order valence-electron chi connectivity index (χ3n) is 5.86. The fourth-order valence-electron chi connectivity index (χ4n) is 4.16. The Morgan fingerprint density at radius 3 is 2.32 bits per heavy atom. The molecule has 2 aromatic carbocycles. The van der Waals surface area contributed by atoms with Gasteiger partial charge in [-0.3, -0.25) is 4.57 Å². The number of halogens is 1. The molecule has 152 valence electrons. The van der Waals surface area contributed by atoms with E-state index in [-0.39, 0.29) is 6.10 Å². The van der Waals surface area contributed by atoms with E-state index in [2.05, 4.69) is 20.8 Å². The van der Waals surface area contributed by atoms with Gasteiger partial charge in [-0.25, -0.2) is 4.39 Å². The smallest absolute Gasteiger partial charge is 0.264 e. The molecular weight excluding hydrogens is 374 g/mol. The highest BCUT2D eigenvalue weighted by Gasteiger charge is 2.42. The minimum atomic E-state index is -3.64. The summed E-state index contributed by atoms with van der Waals surface area (Å²) >= 11 is 0. The summed E-state index contributed by atoms with van der Waals surface area (Å²) in [5.74, 6) is -0.529. The van der Waals surface area contributed by atoms with Gasteiger partial charge < -0.3 is 9.63 Å². The second-order valence-corrected chi connectivity index (χ2v) is 10.7. The van der Waals surface area contributed by atoms with Crippen LogP contribution in [0.15, 0.2) is 54.6 Å². The summed E-state index contributed by atoms with van der Waals surface area (Å²) in [7, 11) is -3.64. The lowest BCUT2D eigenvalue weighted by molar-refractivity contribution is 0.0427. The number of rotatable bonds is 6. The van der Waals surface area contributed by atoms with Crippen molar-refractivity contribution < 1.29 is 18.6 Å². The van der Waals surface area contributed by atoms with E-state index in [4.69, 9.17) is 4.52 Å². The van der Waals surface area contributed by atoms with E-state index in [0.717, 1.165) is 19.3 Å². The van der Waals surface area contributed by atoms with Crippen LogP contribution in [0.4, 0.5) is 4.39 Å². The maximum absolute atomic E-state index is 14.2. The molecule has 5 heteroatoms. The standard InChI is InChI=1S/C23H30FO3P/c1-16(2)21-14-9-17(3)15-22(21)27-28(26,20-7-5-4-6-8-20)23(25)18-10-12-19(24)13-11-18/h4-8,10-13,16-17,21-23,25H,9,14-15H2,1-3H3/t17-,21-,22-,23+,28+/m1/s1. The van der Waals surface area contributed by atoms with Crippen molar-refractivity contribution in [2.75, 3.05) is 0 Å². The highest BCUT2D eigenvalue weighted by molar-refractivity contribution is 7.67. The van der Waals surface area contributed by atoms with Crippen molar-refractivity contribution in [1.29, 1.82) is 0 Å². The van der Waals surface area contributed by atoms with E-state index in [0.29, 0.717) is 28.6 Å². The lowest BCUT2D eigenvalue weighted by Crippen LogP contribution is -2.35. The molecule has 1 saturated carbocycles. The lowest BCUT2D eigenvalue weighted by atomic mass is 9.75. The van der Waals surface area contributed by atoms with Crippen molar-refractivity contribution in [3.63, 3.8) is 0 Å². The maximum atomic E-state index is 14.2. The van der Waals surface area contributed by atoms with Gasteiger partial charge in [0.25, 0.3) is 7.37 Å². The Morgan fingerprint density at radius 2 is 1.71 bits per heavy atom. The van der Waals surface area contributed by atoms with Crippen LogP contribution in [0, 0.1) is 23.6 Å². The third-order valence-corrected chi connectivity index (χ3v) is 8.40. The van der Waals surface area contributed by atoms with E-state index >= 15 is 0 Å². The minimum absolute atomic E-state index is 0.176. The Kier molecular flexibility index (Phi) is 6.75. The highest BCUT2D eigenvalue weighted by Crippen LogP contribution is 2.60. The van der Waals surface area contributed by atoms with Gasteiger partial charge in [-0.1, -0.05) is 57.5 Å². The van der Waals surface area contributed by atoms with Crippen LogP contribution in [0.3, 0.4) is 0 Å². The Morgan fingerprint density at radius 1 is 1.07 bits per heavy atom. The first-order chi connectivity index (χ1) is 13.3. The Labute approximate surface area is 167 Å². The van der Waals surface area contributed by atoms with Crippen LogP contribution in [0.5, 0.6) is 0 Å². The Hall–Kier alpha value is -1.48. The summed E-state index contributed by atoms with van der Waals surface area (Å²) in [6.07, 6.45) is 2.82. The van der Waals surface area contributed by atoms with Crippen molar-refractivity contribution in [2.45, 2.75) is 52.0 Å². The second-order valence-electron chi connectivity index (χ2n) is 8.33. The predicted molar refractivity (Wildman–Crippen MR) is 111 cm³/mol. The first kappa shape index (κ1) is 21.2. The zero-order valence-electron chi connectivity index (χ0n) is 16.8. The maximum Gasteiger partial charge on any atom is 0.264 e. The van der Waals surface area contributed by atoms with Gasteiger partial charge in [-0.15, -0.1) is 0 Å². The normalized spacial score (nSPS) is 26.0. The summed E-state index contributed by atoms with van der Waals surface area (Å²) in [5.41, 5.74) is 0.401. The molecule has 0 radical (unpaired) electrons. The monoisotopic (exact) mass is 404 g/mol. The van der Waals surface area contributed by atoms with Crippen molar-refractivity contribution in [3.05, 3.63) is 66.0 Å². The van der Waals surface area contributed by atoms with Gasteiger partial charge in [-0.05, 0) is 60.4 Å². The number of aliphatic hydroxyl groups is 1. The van der Waals surface area contributed by atoms with Crippen LogP contribution in [-0.4, -0.2) is 11.2 Å². The molecule has 3 nitrogen and oxygen atoms in total. The largest absolute Gasteiger partial charge is 0.378 e. The molecule has 5 atom stereocenters. The van der Waals surface area contributed by atoms with Crippen LogP contribution in [0.1, 0.15) is 51.4 Å². The van der Waals surface area contributed by atoms with Gasteiger partial charge in [0, 0.05) is 5.30 Å². The van der Waals surface area contributed by atoms with Crippen molar-refractivity contribution in [1.82, 2.24) is 0 Å². The molecule has 3 rings (SSSR count). The van der Waals surface area contributed by atoms with Gasteiger partial charge >= 0.3 is 0 Å². The first-order valence-electron chi connectivity index (χ1n) is 10.1. The molecule has 1 aliphatic rings. The molecule has 1 aliphatic carbocycles. The van der Waals surface area contributed by atoms with Gasteiger partial charge in [-0.2, -0.15) is 0 Å². The summed E-state index contributed by atoms with van der Waals surface area (Å²) < 4.78 is 33.9. The van der Waals surface area contributed by atoms with E-state index < -0.39 is 19.0 Å². The fourth-order valence-corrected chi connectivity index (χ4v) is 6.48. The van der Waals surface area contributed by atoms with Crippen LogP contribution in [-0.2, 0) is 9.09 Å². The average Bonchev–Trinajstić information content (AvgIpc) is 2.68. The van der Waals surface area contributed by atoms with E-state index in [9.17, 15) is 14.1 Å². The molecule has 0 saturated heterocycles. The van der Waals surface area contributed by atoms with Crippen LogP contribution in [0.2, 0.25) is 0 Å². The molecule has 0 heterocycles. The van der Waals surface area contributed by atoms with Gasteiger partial charge in [0.05, 0.1) is 6.10 Å². The van der Waals surface area contributed by atoms with Crippen molar-refractivity contribution in [2.24, 2.45) is 17.8 Å². The zero-order chi connectivity index (χ0) is 20.3. The summed E-state index contributed by atoms with van der Waals surface area (Å²) in [4.78, 5) is 0. The average molecular weight is 404 g/mol. The van der Waals surface area contributed by atoms with Gasteiger partial charge in [0.15, 0.2) is 5.85 Å². The molecule has 0 aliphatic heterocycles. The second kappa shape index (κ2) is 8.90. The lowest BCUT2D eigenvalue weighted by Gasteiger charge is -2.39. The van der Waals surface area contributed by atoms with Crippen LogP contribution < -0.4 is 5.30 Å². The van der Waals surface area contributed by atoms with Crippen LogP contribution in [0.25, 0.3) is 0 Å². The summed E-state index contributed by atoms with van der Waals surface area (Å²) in [5, 5.41) is 11.6.